The summed E-state index contributed by atoms with van der Waals surface area (Å²) in [5.74, 6) is -0.919. The zero-order chi connectivity index (χ0) is 13.3. The molecule has 1 aliphatic rings. The third-order valence-electron chi connectivity index (χ3n) is 3.58. The van der Waals surface area contributed by atoms with Crippen molar-refractivity contribution in [1.29, 1.82) is 0 Å². The zero-order valence-corrected chi connectivity index (χ0v) is 10.6. The lowest BCUT2D eigenvalue weighted by atomic mass is 9.61. The van der Waals surface area contributed by atoms with Crippen molar-refractivity contribution in [3.63, 3.8) is 0 Å². The van der Waals surface area contributed by atoms with E-state index in [0.29, 0.717) is 12.8 Å². The van der Waals surface area contributed by atoms with Gasteiger partial charge in [0.2, 0.25) is 5.91 Å². The fourth-order valence-electron chi connectivity index (χ4n) is 2.65. The summed E-state index contributed by atoms with van der Waals surface area (Å²) >= 11 is 0. The number of hydrogen-bond donors (Lipinski definition) is 2. The van der Waals surface area contributed by atoms with E-state index in [-0.39, 0.29) is 11.9 Å². The average Bonchev–Trinajstić information content (AvgIpc) is 2.21. The van der Waals surface area contributed by atoms with E-state index in [1.54, 1.807) is 0 Å². The van der Waals surface area contributed by atoms with E-state index in [1.807, 2.05) is 31.2 Å². The Morgan fingerprint density at radius 2 is 2.06 bits per heavy atom. The molecule has 1 aromatic carbocycles. The molecule has 1 aliphatic carbocycles. The van der Waals surface area contributed by atoms with Gasteiger partial charge >= 0.3 is 5.97 Å². The topological polar surface area (TPSA) is 66.4 Å². The molecule has 0 radical (unpaired) electrons. The minimum atomic E-state index is -0.834. The highest BCUT2D eigenvalue weighted by atomic mass is 16.4. The van der Waals surface area contributed by atoms with Crippen molar-refractivity contribution >= 4 is 11.9 Å². The summed E-state index contributed by atoms with van der Waals surface area (Å²) in [7, 11) is 0. The first-order chi connectivity index (χ1) is 8.44. The van der Waals surface area contributed by atoms with Crippen LogP contribution >= 0.6 is 0 Å². The van der Waals surface area contributed by atoms with Gasteiger partial charge in [-0.25, -0.2) is 0 Å². The van der Waals surface area contributed by atoms with Gasteiger partial charge in [-0.05, 0) is 25.3 Å². The molecule has 0 aromatic heterocycles. The molecular formula is C14H17NO3. The molecule has 1 amide bonds. The normalized spacial score (nSPS) is 26.2. The molecule has 18 heavy (non-hydrogen) atoms. The molecule has 0 spiro atoms. The summed E-state index contributed by atoms with van der Waals surface area (Å²) in [6, 6.07) is 7.56. The highest BCUT2D eigenvalue weighted by molar-refractivity contribution is 5.84. The summed E-state index contributed by atoms with van der Waals surface area (Å²) < 4.78 is 0. The maximum Gasteiger partial charge on any atom is 0.314 e. The van der Waals surface area contributed by atoms with E-state index < -0.39 is 11.4 Å². The van der Waals surface area contributed by atoms with Gasteiger partial charge in [-0.1, -0.05) is 29.8 Å². The number of carbonyl (C=O) groups is 2. The fourth-order valence-corrected chi connectivity index (χ4v) is 2.65. The van der Waals surface area contributed by atoms with Crippen LogP contribution in [0.4, 0.5) is 0 Å². The number of aryl methyl sites for hydroxylation is 1. The van der Waals surface area contributed by atoms with Crippen LogP contribution in [-0.2, 0) is 15.0 Å². The summed E-state index contributed by atoms with van der Waals surface area (Å²) in [5.41, 5.74) is 1.05. The molecule has 1 fully saturated rings. The largest absolute Gasteiger partial charge is 0.481 e. The van der Waals surface area contributed by atoms with Gasteiger partial charge in [0.15, 0.2) is 0 Å². The molecule has 1 saturated carbocycles. The van der Waals surface area contributed by atoms with E-state index in [4.69, 9.17) is 0 Å². The summed E-state index contributed by atoms with van der Waals surface area (Å²) in [6.45, 7) is 3.40. The van der Waals surface area contributed by atoms with Gasteiger partial charge in [0, 0.05) is 13.0 Å². The number of hydrogen-bond acceptors (Lipinski definition) is 2. The van der Waals surface area contributed by atoms with Gasteiger partial charge < -0.3 is 10.4 Å². The highest BCUT2D eigenvalue weighted by Gasteiger charge is 2.52. The summed E-state index contributed by atoms with van der Waals surface area (Å²) in [5, 5.41) is 12.2. The van der Waals surface area contributed by atoms with Crippen LogP contribution in [0.2, 0.25) is 0 Å². The number of carboxylic acids is 1. The predicted octanol–water partition coefficient (Wildman–Crippen LogP) is 1.62. The molecule has 96 valence electrons. The monoisotopic (exact) mass is 247 g/mol. The van der Waals surface area contributed by atoms with Crippen molar-refractivity contribution in [3.8, 4) is 0 Å². The molecule has 4 heteroatoms. The maximum absolute atomic E-state index is 11.5. The molecule has 2 rings (SSSR count). The third kappa shape index (κ3) is 2.10. The van der Waals surface area contributed by atoms with Crippen LogP contribution in [0.1, 0.15) is 30.9 Å². The smallest absolute Gasteiger partial charge is 0.314 e. The Morgan fingerprint density at radius 1 is 1.39 bits per heavy atom. The lowest BCUT2D eigenvalue weighted by molar-refractivity contribution is -0.149. The van der Waals surface area contributed by atoms with Crippen molar-refractivity contribution < 1.29 is 14.7 Å². The minimum absolute atomic E-state index is 0.0286. The SMILES string of the molecule is CC(=O)NC1CC(C(=O)O)(c2cccc(C)c2)C1. The Balaban J connectivity index is 2.22. The molecule has 0 atom stereocenters. The zero-order valence-electron chi connectivity index (χ0n) is 10.6. The lowest BCUT2D eigenvalue weighted by Crippen LogP contribution is -2.56. The number of carboxylic acid groups (broad SMARTS) is 1. The van der Waals surface area contributed by atoms with Crippen LogP contribution in [-0.4, -0.2) is 23.0 Å². The van der Waals surface area contributed by atoms with Crippen molar-refractivity contribution in [2.24, 2.45) is 0 Å². The maximum atomic E-state index is 11.5. The van der Waals surface area contributed by atoms with Gasteiger partial charge in [0.05, 0.1) is 5.41 Å². The van der Waals surface area contributed by atoms with Crippen LogP contribution in [0.3, 0.4) is 0 Å². The Bertz CT molecular complexity index is 490. The van der Waals surface area contributed by atoms with Crippen LogP contribution in [0.25, 0.3) is 0 Å². The second-order valence-electron chi connectivity index (χ2n) is 5.06. The van der Waals surface area contributed by atoms with Crippen LogP contribution in [0.5, 0.6) is 0 Å². The third-order valence-corrected chi connectivity index (χ3v) is 3.58. The first kappa shape index (κ1) is 12.6. The van der Waals surface area contributed by atoms with Gasteiger partial charge in [0.25, 0.3) is 0 Å². The average molecular weight is 247 g/mol. The quantitative estimate of drug-likeness (QED) is 0.852. The van der Waals surface area contributed by atoms with Gasteiger partial charge in [-0.3, -0.25) is 9.59 Å². The number of rotatable bonds is 3. The Kier molecular flexibility index (Phi) is 3.11. The first-order valence-electron chi connectivity index (χ1n) is 6.02. The molecule has 0 bridgehead atoms. The predicted molar refractivity (Wildman–Crippen MR) is 67.3 cm³/mol. The van der Waals surface area contributed by atoms with Gasteiger partial charge in [-0.15, -0.1) is 0 Å². The number of aliphatic carboxylic acids is 1. The second kappa shape index (κ2) is 4.44. The molecule has 1 aromatic rings. The summed E-state index contributed by atoms with van der Waals surface area (Å²) in [4.78, 5) is 22.5. The van der Waals surface area contributed by atoms with Gasteiger partial charge in [0.1, 0.15) is 0 Å². The Morgan fingerprint density at radius 3 is 2.56 bits per heavy atom. The van der Waals surface area contributed by atoms with E-state index in [9.17, 15) is 14.7 Å². The Labute approximate surface area is 106 Å². The minimum Gasteiger partial charge on any atom is -0.481 e. The molecule has 0 saturated heterocycles. The molecule has 0 heterocycles. The summed E-state index contributed by atoms with van der Waals surface area (Å²) in [6.07, 6.45) is 0.927. The van der Waals surface area contributed by atoms with Crippen molar-refractivity contribution in [2.45, 2.75) is 38.1 Å². The van der Waals surface area contributed by atoms with E-state index in [0.717, 1.165) is 11.1 Å². The molecular weight excluding hydrogens is 230 g/mol. The van der Waals surface area contributed by atoms with Crippen LogP contribution in [0.15, 0.2) is 24.3 Å². The van der Waals surface area contributed by atoms with Crippen LogP contribution < -0.4 is 5.32 Å². The molecule has 2 N–H and O–H groups in total. The van der Waals surface area contributed by atoms with E-state index in [2.05, 4.69) is 5.32 Å². The van der Waals surface area contributed by atoms with Crippen LogP contribution in [0, 0.1) is 6.92 Å². The standard InChI is InChI=1S/C14H17NO3/c1-9-4-3-5-11(6-9)14(13(17)18)7-12(8-14)15-10(2)16/h3-6,12H,7-8H2,1-2H3,(H,15,16)(H,17,18). The number of carbonyl (C=O) groups excluding carboxylic acids is 1. The fraction of sp³-hybridized carbons (Fsp3) is 0.429. The second-order valence-corrected chi connectivity index (χ2v) is 5.06. The lowest BCUT2D eigenvalue weighted by Gasteiger charge is -2.45. The molecule has 0 unspecified atom stereocenters. The highest BCUT2D eigenvalue weighted by Crippen LogP contribution is 2.44. The van der Waals surface area contributed by atoms with Crippen molar-refractivity contribution in [1.82, 2.24) is 5.32 Å². The molecule has 4 nitrogen and oxygen atoms in total. The van der Waals surface area contributed by atoms with Crippen molar-refractivity contribution in [2.75, 3.05) is 0 Å². The molecule has 0 aliphatic heterocycles. The van der Waals surface area contributed by atoms with E-state index in [1.165, 1.54) is 6.92 Å². The number of nitrogens with one attached hydrogen (secondary N) is 1. The van der Waals surface area contributed by atoms with Crippen molar-refractivity contribution in [3.05, 3.63) is 35.4 Å². The Hall–Kier alpha value is -1.84. The van der Waals surface area contributed by atoms with Gasteiger partial charge in [-0.2, -0.15) is 0 Å². The number of amides is 1. The van der Waals surface area contributed by atoms with E-state index >= 15 is 0 Å². The number of benzene rings is 1. The first-order valence-corrected chi connectivity index (χ1v) is 6.02.